The summed E-state index contributed by atoms with van der Waals surface area (Å²) < 4.78 is 10.4. The fourth-order valence-corrected chi connectivity index (χ4v) is 2.61. The molecule has 0 aromatic carbocycles. The summed E-state index contributed by atoms with van der Waals surface area (Å²) in [4.78, 5) is 16.1. The van der Waals surface area contributed by atoms with Gasteiger partial charge in [0.15, 0.2) is 0 Å². The average molecular weight is 300 g/mol. The number of ether oxygens (including phenoxy) is 1. The number of thioether (sulfide) groups is 1. The van der Waals surface area contributed by atoms with Crippen LogP contribution in [0.1, 0.15) is 38.8 Å². The van der Waals surface area contributed by atoms with Gasteiger partial charge in [-0.15, -0.1) is 0 Å². The Morgan fingerprint density at radius 2 is 2.30 bits per heavy atom. The molecule has 1 atom stereocenters. The SMILES string of the molecule is CCOC(=O)C(C)(CCCCSc1nc(C)co1)NC. The van der Waals surface area contributed by atoms with Gasteiger partial charge >= 0.3 is 5.97 Å². The van der Waals surface area contributed by atoms with Crippen LogP contribution in [0.2, 0.25) is 0 Å². The molecule has 1 aromatic rings. The van der Waals surface area contributed by atoms with E-state index in [2.05, 4.69) is 10.3 Å². The molecule has 1 unspecified atom stereocenters. The number of likely N-dealkylation sites (N-methyl/N-ethyl adjacent to an activating group) is 1. The zero-order valence-electron chi connectivity index (χ0n) is 12.7. The van der Waals surface area contributed by atoms with Gasteiger partial charge in [-0.1, -0.05) is 18.2 Å². The van der Waals surface area contributed by atoms with Gasteiger partial charge in [-0.25, -0.2) is 4.98 Å². The van der Waals surface area contributed by atoms with E-state index < -0.39 is 5.54 Å². The number of oxazole rings is 1. The minimum absolute atomic E-state index is 0.182. The van der Waals surface area contributed by atoms with Gasteiger partial charge in [0.25, 0.3) is 5.22 Å². The van der Waals surface area contributed by atoms with Crippen molar-refractivity contribution < 1.29 is 13.9 Å². The van der Waals surface area contributed by atoms with E-state index in [4.69, 9.17) is 9.15 Å². The van der Waals surface area contributed by atoms with E-state index in [1.54, 1.807) is 25.1 Å². The smallest absolute Gasteiger partial charge is 0.326 e. The monoisotopic (exact) mass is 300 g/mol. The van der Waals surface area contributed by atoms with Gasteiger partial charge in [-0.2, -0.15) is 0 Å². The number of carbonyl (C=O) groups is 1. The molecule has 0 bridgehead atoms. The Labute approximate surface area is 124 Å². The number of rotatable bonds is 9. The average Bonchev–Trinajstić information content (AvgIpc) is 2.84. The van der Waals surface area contributed by atoms with E-state index in [9.17, 15) is 4.79 Å². The molecule has 0 radical (unpaired) electrons. The topological polar surface area (TPSA) is 64.4 Å². The van der Waals surface area contributed by atoms with Crippen LogP contribution in [-0.2, 0) is 9.53 Å². The van der Waals surface area contributed by atoms with Crippen molar-refractivity contribution in [3.05, 3.63) is 12.0 Å². The molecule has 0 spiro atoms. The molecule has 1 N–H and O–H groups in total. The van der Waals surface area contributed by atoms with Crippen LogP contribution in [0, 0.1) is 6.92 Å². The van der Waals surface area contributed by atoms with Crippen molar-refractivity contribution in [2.75, 3.05) is 19.4 Å². The molecular weight excluding hydrogens is 276 g/mol. The molecule has 1 heterocycles. The standard InChI is InChI=1S/C14H24N2O3S/c1-5-18-12(17)14(3,15-4)8-6-7-9-20-13-16-11(2)10-19-13/h10,15H,5-9H2,1-4H3. The molecule has 0 amide bonds. The van der Waals surface area contributed by atoms with Gasteiger partial charge in [0.05, 0.1) is 12.3 Å². The Morgan fingerprint density at radius 3 is 2.85 bits per heavy atom. The summed E-state index contributed by atoms with van der Waals surface area (Å²) in [7, 11) is 1.79. The maximum Gasteiger partial charge on any atom is 0.326 e. The van der Waals surface area contributed by atoms with E-state index in [-0.39, 0.29) is 5.97 Å². The highest BCUT2D eigenvalue weighted by molar-refractivity contribution is 7.99. The van der Waals surface area contributed by atoms with Crippen LogP contribution in [0.15, 0.2) is 15.9 Å². The predicted molar refractivity (Wildman–Crippen MR) is 79.9 cm³/mol. The Balaban J connectivity index is 2.26. The van der Waals surface area contributed by atoms with Crippen molar-refractivity contribution in [2.45, 2.75) is 50.8 Å². The van der Waals surface area contributed by atoms with Crippen LogP contribution in [0.4, 0.5) is 0 Å². The Hall–Kier alpha value is -1.01. The van der Waals surface area contributed by atoms with Crippen molar-refractivity contribution in [2.24, 2.45) is 0 Å². The van der Waals surface area contributed by atoms with Crippen molar-refractivity contribution >= 4 is 17.7 Å². The summed E-state index contributed by atoms with van der Waals surface area (Å²) in [6, 6.07) is 0. The molecular formula is C14H24N2O3S. The zero-order chi connectivity index (χ0) is 15.0. The number of nitrogens with zero attached hydrogens (tertiary/aromatic N) is 1. The van der Waals surface area contributed by atoms with Crippen LogP contribution in [0.3, 0.4) is 0 Å². The lowest BCUT2D eigenvalue weighted by Crippen LogP contribution is -2.48. The molecule has 1 aromatic heterocycles. The molecule has 0 aliphatic heterocycles. The third kappa shape index (κ3) is 5.17. The summed E-state index contributed by atoms with van der Waals surface area (Å²) in [5.41, 5.74) is 0.303. The van der Waals surface area contributed by atoms with E-state index >= 15 is 0 Å². The molecule has 1 rings (SSSR count). The highest BCUT2D eigenvalue weighted by Gasteiger charge is 2.32. The third-order valence-electron chi connectivity index (χ3n) is 3.17. The quantitative estimate of drug-likeness (QED) is 0.430. The lowest BCUT2D eigenvalue weighted by molar-refractivity contribution is -0.150. The Bertz CT molecular complexity index is 422. The minimum Gasteiger partial charge on any atom is -0.465 e. The molecule has 0 saturated carbocycles. The lowest BCUT2D eigenvalue weighted by Gasteiger charge is -2.26. The lowest BCUT2D eigenvalue weighted by atomic mass is 9.95. The van der Waals surface area contributed by atoms with Gasteiger partial charge in [-0.3, -0.25) is 4.79 Å². The maximum absolute atomic E-state index is 11.9. The zero-order valence-corrected chi connectivity index (χ0v) is 13.5. The number of esters is 1. The summed E-state index contributed by atoms with van der Waals surface area (Å²) in [6.07, 6.45) is 4.36. The molecule has 0 aliphatic carbocycles. The number of hydrogen-bond donors (Lipinski definition) is 1. The van der Waals surface area contributed by atoms with E-state index in [1.807, 2.05) is 20.8 Å². The maximum atomic E-state index is 11.9. The normalized spacial score (nSPS) is 14.0. The highest BCUT2D eigenvalue weighted by Crippen LogP contribution is 2.21. The van der Waals surface area contributed by atoms with Gasteiger partial charge in [0, 0.05) is 5.75 Å². The van der Waals surface area contributed by atoms with Crippen LogP contribution >= 0.6 is 11.8 Å². The highest BCUT2D eigenvalue weighted by atomic mass is 32.2. The summed E-state index contributed by atoms with van der Waals surface area (Å²) in [5, 5.41) is 3.78. The van der Waals surface area contributed by atoms with Gasteiger partial charge in [-0.05, 0) is 40.7 Å². The molecule has 5 nitrogen and oxygen atoms in total. The fourth-order valence-electron chi connectivity index (χ4n) is 1.76. The predicted octanol–water partition coefficient (Wildman–Crippen LogP) is 2.79. The first-order valence-electron chi connectivity index (χ1n) is 6.93. The number of unbranched alkanes of at least 4 members (excludes halogenated alkanes) is 1. The van der Waals surface area contributed by atoms with Crippen LogP contribution in [-0.4, -0.2) is 35.9 Å². The number of carbonyl (C=O) groups excluding carboxylic acids is 1. The molecule has 0 aliphatic rings. The van der Waals surface area contributed by atoms with Crippen LogP contribution in [0.5, 0.6) is 0 Å². The first-order chi connectivity index (χ1) is 9.51. The summed E-state index contributed by atoms with van der Waals surface area (Å²) in [5.74, 6) is 0.751. The van der Waals surface area contributed by atoms with Crippen molar-refractivity contribution in [3.8, 4) is 0 Å². The Kier molecular flexibility index (Phi) is 7.09. The molecule has 6 heteroatoms. The second kappa shape index (κ2) is 8.32. The van der Waals surface area contributed by atoms with E-state index in [0.717, 1.165) is 30.7 Å². The van der Waals surface area contributed by atoms with Crippen molar-refractivity contribution in [3.63, 3.8) is 0 Å². The number of aromatic nitrogens is 1. The number of aryl methyl sites for hydroxylation is 1. The van der Waals surface area contributed by atoms with Gasteiger partial charge in [0.2, 0.25) is 0 Å². The second-order valence-electron chi connectivity index (χ2n) is 4.86. The van der Waals surface area contributed by atoms with E-state index in [0.29, 0.717) is 11.8 Å². The van der Waals surface area contributed by atoms with Crippen molar-refractivity contribution in [1.82, 2.24) is 10.3 Å². The number of hydrogen-bond acceptors (Lipinski definition) is 6. The fraction of sp³-hybridized carbons (Fsp3) is 0.714. The first kappa shape index (κ1) is 17.0. The van der Waals surface area contributed by atoms with Gasteiger partial charge in [0.1, 0.15) is 11.8 Å². The Morgan fingerprint density at radius 1 is 1.55 bits per heavy atom. The van der Waals surface area contributed by atoms with Crippen LogP contribution in [0.25, 0.3) is 0 Å². The minimum atomic E-state index is -0.597. The number of nitrogens with one attached hydrogen (secondary N) is 1. The largest absolute Gasteiger partial charge is 0.465 e. The van der Waals surface area contributed by atoms with Gasteiger partial charge < -0.3 is 14.5 Å². The second-order valence-corrected chi connectivity index (χ2v) is 5.91. The van der Waals surface area contributed by atoms with E-state index in [1.165, 1.54) is 0 Å². The molecule has 0 fully saturated rings. The third-order valence-corrected chi connectivity index (χ3v) is 4.10. The molecule has 0 saturated heterocycles. The van der Waals surface area contributed by atoms with Crippen LogP contribution < -0.4 is 5.32 Å². The first-order valence-corrected chi connectivity index (χ1v) is 7.91. The van der Waals surface area contributed by atoms with Crippen molar-refractivity contribution in [1.29, 1.82) is 0 Å². The summed E-state index contributed by atoms with van der Waals surface area (Å²) in [6.45, 7) is 6.03. The molecule has 20 heavy (non-hydrogen) atoms. The summed E-state index contributed by atoms with van der Waals surface area (Å²) >= 11 is 1.60. The molecule has 114 valence electrons.